The normalized spacial score (nSPS) is 46.9. The Morgan fingerprint density at radius 3 is 2.55 bits per heavy atom. The Hall–Kier alpha value is -0.370. The molecule has 0 aromatic rings. The minimum atomic E-state index is 0.179. The van der Waals surface area contributed by atoms with Crippen molar-refractivity contribution in [3.8, 4) is 0 Å². The van der Waals surface area contributed by atoms with Crippen molar-refractivity contribution in [2.75, 3.05) is 6.61 Å². The van der Waals surface area contributed by atoms with E-state index in [4.69, 9.17) is 4.74 Å². The van der Waals surface area contributed by atoms with Crippen LogP contribution < -0.4 is 0 Å². The predicted molar refractivity (Wildman–Crippen MR) is 80.5 cm³/mol. The highest BCUT2D eigenvalue weighted by atomic mass is 16.5. The van der Waals surface area contributed by atoms with Gasteiger partial charge in [0.05, 0.1) is 6.10 Å². The first kappa shape index (κ1) is 14.6. The Morgan fingerprint density at radius 1 is 1.25 bits per heavy atom. The van der Waals surface area contributed by atoms with Crippen LogP contribution in [-0.2, 0) is 9.53 Å². The monoisotopic (exact) mass is 278 g/mol. The van der Waals surface area contributed by atoms with E-state index in [1.165, 1.54) is 19.3 Å². The van der Waals surface area contributed by atoms with Crippen molar-refractivity contribution < 1.29 is 9.53 Å². The second-order valence-corrected chi connectivity index (χ2v) is 8.10. The molecular weight excluding hydrogens is 248 g/mol. The molecule has 0 saturated heterocycles. The van der Waals surface area contributed by atoms with Gasteiger partial charge in [-0.2, -0.15) is 0 Å². The number of hydrogen-bond acceptors (Lipinski definition) is 2. The van der Waals surface area contributed by atoms with Crippen LogP contribution in [-0.4, -0.2) is 18.5 Å². The van der Waals surface area contributed by atoms with Crippen molar-refractivity contribution in [2.45, 2.75) is 72.3 Å². The van der Waals surface area contributed by atoms with Gasteiger partial charge in [-0.15, -0.1) is 0 Å². The number of ether oxygens (including phenoxy) is 1. The first-order chi connectivity index (χ1) is 9.41. The average Bonchev–Trinajstić information content (AvgIpc) is 2.72. The Kier molecular flexibility index (Phi) is 3.52. The quantitative estimate of drug-likeness (QED) is 0.772. The molecule has 0 spiro atoms. The van der Waals surface area contributed by atoms with Crippen LogP contribution in [0.25, 0.3) is 0 Å². The smallest absolute Gasteiger partial charge is 0.138 e. The number of carbonyl (C=O) groups is 1. The van der Waals surface area contributed by atoms with E-state index in [0.29, 0.717) is 22.5 Å². The standard InChI is InChI=1S/C18H30O2/c1-5-20-15-8-6-7-14(19)16(15)13-11-12-9-10-18(13,4)17(12,2)3/h12-13,15-16H,5-11H2,1-4H3/t12-,13+,15?,16?,18+/m0/s1. The zero-order valence-electron chi connectivity index (χ0n) is 13.6. The van der Waals surface area contributed by atoms with E-state index in [-0.39, 0.29) is 12.0 Å². The van der Waals surface area contributed by atoms with Crippen molar-refractivity contribution in [3.05, 3.63) is 0 Å². The molecule has 0 aliphatic heterocycles. The van der Waals surface area contributed by atoms with Crippen LogP contribution in [0.1, 0.15) is 66.2 Å². The van der Waals surface area contributed by atoms with Gasteiger partial charge in [0, 0.05) is 18.9 Å². The maximum atomic E-state index is 12.6. The van der Waals surface area contributed by atoms with Crippen molar-refractivity contribution in [1.29, 1.82) is 0 Å². The molecule has 2 nitrogen and oxygen atoms in total. The molecule has 0 aromatic heterocycles. The number of ketones is 1. The minimum absolute atomic E-state index is 0.179. The lowest BCUT2D eigenvalue weighted by molar-refractivity contribution is -0.139. The second-order valence-electron chi connectivity index (χ2n) is 8.10. The van der Waals surface area contributed by atoms with Gasteiger partial charge in [-0.1, -0.05) is 20.8 Å². The maximum absolute atomic E-state index is 12.6. The summed E-state index contributed by atoms with van der Waals surface area (Å²) in [4.78, 5) is 12.6. The summed E-state index contributed by atoms with van der Waals surface area (Å²) >= 11 is 0. The molecule has 3 saturated carbocycles. The molecule has 0 aromatic carbocycles. The summed E-state index contributed by atoms with van der Waals surface area (Å²) < 4.78 is 5.98. The SMILES string of the molecule is CCOC1CCCC(=O)C1[C@H]1C[C@@H]2CC[C@@]1(C)C2(C)C. The average molecular weight is 278 g/mol. The molecule has 3 fully saturated rings. The largest absolute Gasteiger partial charge is 0.378 e. The molecule has 2 heteroatoms. The first-order valence-corrected chi connectivity index (χ1v) is 8.56. The number of fused-ring (bicyclic) bond motifs is 2. The van der Waals surface area contributed by atoms with E-state index >= 15 is 0 Å². The fourth-order valence-electron chi connectivity index (χ4n) is 5.72. The lowest BCUT2D eigenvalue weighted by atomic mass is 9.60. The van der Waals surface area contributed by atoms with Gasteiger partial charge < -0.3 is 4.74 Å². The highest BCUT2D eigenvalue weighted by Crippen LogP contribution is 2.70. The molecule has 3 aliphatic carbocycles. The third-order valence-corrected chi connectivity index (χ3v) is 7.36. The number of carbonyl (C=O) groups excluding carboxylic acids is 1. The summed E-state index contributed by atoms with van der Waals surface area (Å²) in [7, 11) is 0. The van der Waals surface area contributed by atoms with E-state index in [1.807, 2.05) is 0 Å². The summed E-state index contributed by atoms with van der Waals surface area (Å²) in [6.45, 7) is 10.1. The zero-order chi connectivity index (χ0) is 14.5. The molecule has 0 heterocycles. The zero-order valence-corrected chi connectivity index (χ0v) is 13.6. The van der Waals surface area contributed by atoms with E-state index in [2.05, 4.69) is 27.7 Å². The first-order valence-electron chi connectivity index (χ1n) is 8.56. The molecule has 0 amide bonds. The number of Topliss-reactive ketones (excluding diaryl/α,β-unsaturated/α-hetero) is 1. The van der Waals surface area contributed by atoms with E-state index in [1.54, 1.807) is 0 Å². The summed E-state index contributed by atoms with van der Waals surface area (Å²) in [5, 5.41) is 0. The van der Waals surface area contributed by atoms with Crippen LogP contribution in [0.2, 0.25) is 0 Å². The molecule has 2 unspecified atom stereocenters. The predicted octanol–water partition coefficient (Wildman–Crippen LogP) is 4.22. The van der Waals surface area contributed by atoms with Gasteiger partial charge in [-0.05, 0) is 61.7 Å². The molecule has 114 valence electrons. The second kappa shape index (κ2) is 4.83. The minimum Gasteiger partial charge on any atom is -0.378 e. The van der Waals surface area contributed by atoms with Crippen LogP contribution in [0.3, 0.4) is 0 Å². The summed E-state index contributed by atoms with van der Waals surface area (Å²) in [6, 6.07) is 0. The molecule has 3 aliphatic rings. The highest BCUT2D eigenvalue weighted by molar-refractivity contribution is 5.83. The van der Waals surface area contributed by atoms with E-state index in [0.717, 1.165) is 31.8 Å². The van der Waals surface area contributed by atoms with Crippen molar-refractivity contribution in [1.82, 2.24) is 0 Å². The molecule has 2 bridgehead atoms. The highest BCUT2D eigenvalue weighted by Gasteiger charge is 2.64. The van der Waals surface area contributed by atoms with Gasteiger partial charge in [-0.25, -0.2) is 0 Å². The Labute approximate surface area is 123 Å². The topological polar surface area (TPSA) is 26.3 Å². The Morgan fingerprint density at radius 2 is 2.00 bits per heavy atom. The van der Waals surface area contributed by atoms with Gasteiger partial charge in [0.1, 0.15) is 5.78 Å². The molecule has 3 rings (SSSR count). The van der Waals surface area contributed by atoms with Crippen molar-refractivity contribution >= 4 is 5.78 Å². The number of rotatable bonds is 3. The summed E-state index contributed by atoms with van der Waals surface area (Å²) in [5.41, 5.74) is 0.733. The van der Waals surface area contributed by atoms with Crippen LogP contribution >= 0.6 is 0 Å². The van der Waals surface area contributed by atoms with Crippen molar-refractivity contribution in [2.24, 2.45) is 28.6 Å². The van der Waals surface area contributed by atoms with Gasteiger partial charge in [-0.3, -0.25) is 4.79 Å². The third-order valence-electron chi connectivity index (χ3n) is 7.36. The van der Waals surface area contributed by atoms with Gasteiger partial charge in [0.2, 0.25) is 0 Å². The molecular formula is C18H30O2. The summed E-state index contributed by atoms with van der Waals surface area (Å²) in [5.74, 6) is 2.04. The molecule has 5 atom stereocenters. The fourth-order valence-corrected chi connectivity index (χ4v) is 5.72. The van der Waals surface area contributed by atoms with Gasteiger partial charge in [0.15, 0.2) is 0 Å². The van der Waals surface area contributed by atoms with Crippen molar-refractivity contribution in [3.63, 3.8) is 0 Å². The van der Waals surface area contributed by atoms with Crippen LogP contribution in [0.15, 0.2) is 0 Å². The lowest BCUT2D eigenvalue weighted by Crippen LogP contribution is -2.46. The van der Waals surface area contributed by atoms with Crippen LogP contribution in [0.4, 0.5) is 0 Å². The maximum Gasteiger partial charge on any atom is 0.138 e. The van der Waals surface area contributed by atoms with E-state index < -0.39 is 0 Å². The van der Waals surface area contributed by atoms with Gasteiger partial charge in [0.25, 0.3) is 0 Å². The van der Waals surface area contributed by atoms with Crippen LogP contribution in [0, 0.1) is 28.6 Å². The summed E-state index contributed by atoms with van der Waals surface area (Å²) in [6.07, 6.45) is 7.00. The van der Waals surface area contributed by atoms with E-state index in [9.17, 15) is 4.79 Å². The molecule has 20 heavy (non-hydrogen) atoms. The van der Waals surface area contributed by atoms with Crippen LogP contribution in [0.5, 0.6) is 0 Å². The van der Waals surface area contributed by atoms with Gasteiger partial charge >= 0.3 is 0 Å². The fraction of sp³-hybridized carbons (Fsp3) is 0.944. The Balaban J connectivity index is 1.89. The number of hydrogen-bond donors (Lipinski definition) is 0. The Bertz CT molecular complexity index is 398. The molecule has 0 N–H and O–H groups in total. The lowest BCUT2D eigenvalue weighted by Gasteiger charge is -2.45. The third kappa shape index (κ3) is 1.83. The molecule has 0 radical (unpaired) electrons.